The third-order valence-electron chi connectivity index (χ3n) is 5.74. The van der Waals surface area contributed by atoms with E-state index in [1.54, 1.807) is 6.33 Å². The third kappa shape index (κ3) is 4.44. The van der Waals surface area contributed by atoms with Gasteiger partial charge in [0.05, 0.1) is 18.0 Å². The number of nitrogens with zero attached hydrogens (tertiary/aromatic N) is 3. The molecule has 0 aliphatic heterocycles. The lowest BCUT2D eigenvalue weighted by Gasteiger charge is -2.11. The predicted octanol–water partition coefficient (Wildman–Crippen LogP) is 7.08. The van der Waals surface area contributed by atoms with Crippen LogP contribution in [0.5, 0.6) is 0 Å². The maximum Gasteiger partial charge on any atom is 0.141 e. The van der Waals surface area contributed by atoms with Crippen LogP contribution in [0.3, 0.4) is 0 Å². The molecule has 4 aromatic carbocycles. The van der Waals surface area contributed by atoms with E-state index in [1.165, 1.54) is 16.7 Å². The van der Waals surface area contributed by atoms with Crippen molar-refractivity contribution in [3.8, 4) is 28.3 Å². The molecule has 0 saturated heterocycles. The van der Waals surface area contributed by atoms with E-state index in [0.717, 1.165) is 39.1 Å². The molecule has 1 aromatic heterocycles. The second-order valence-electron chi connectivity index (χ2n) is 8.05. The molecule has 0 spiro atoms. The number of benzene rings is 4. The zero-order chi connectivity index (χ0) is 22.6. The fourth-order valence-corrected chi connectivity index (χ4v) is 3.87. The number of nitrogens with one attached hydrogen (secondary N) is 1. The number of hydrogen-bond donors (Lipinski definition) is 1. The number of nitriles is 1. The van der Waals surface area contributed by atoms with Crippen LogP contribution in [-0.2, 0) is 6.42 Å². The zero-order valence-corrected chi connectivity index (χ0v) is 18.3. The Bertz CT molecular complexity index is 1450. The molecule has 5 rings (SSSR count). The van der Waals surface area contributed by atoms with Crippen LogP contribution in [0, 0.1) is 18.3 Å². The summed E-state index contributed by atoms with van der Waals surface area (Å²) in [5.41, 5.74) is 8.72. The maximum absolute atomic E-state index is 8.86. The molecule has 0 atom stereocenters. The van der Waals surface area contributed by atoms with Crippen molar-refractivity contribution in [3.05, 3.63) is 108 Å². The molecule has 1 heterocycles. The molecule has 0 aliphatic carbocycles. The van der Waals surface area contributed by atoms with Crippen LogP contribution in [0.25, 0.3) is 33.2 Å². The minimum absolute atomic E-state index is 0.406. The molecule has 0 fully saturated rings. The highest BCUT2D eigenvalue weighted by atomic mass is 15.0. The van der Waals surface area contributed by atoms with E-state index in [2.05, 4.69) is 88.9 Å². The second-order valence-corrected chi connectivity index (χ2v) is 8.05. The average molecular weight is 427 g/mol. The first-order valence-corrected chi connectivity index (χ1v) is 10.8. The first-order chi connectivity index (χ1) is 16.2. The van der Waals surface area contributed by atoms with E-state index in [4.69, 9.17) is 5.26 Å². The van der Waals surface area contributed by atoms with Crippen LogP contribution in [0.2, 0.25) is 0 Å². The predicted molar refractivity (Wildman–Crippen MR) is 134 cm³/mol. The van der Waals surface area contributed by atoms with Crippen molar-refractivity contribution in [1.82, 2.24) is 9.97 Å². The molecular formula is C29H22N4. The quantitative estimate of drug-likeness (QED) is 0.326. The van der Waals surface area contributed by atoms with Crippen molar-refractivity contribution < 1.29 is 0 Å². The molecule has 0 aliphatic rings. The summed E-state index contributed by atoms with van der Waals surface area (Å²) in [6.07, 6.45) is 1.98. The van der Waals surface area contributed by atoms with Gasteiger partial charge in [-0.05, 0) is 59.0 Å². The average Bonchev–Trinajstić information content (AvgIpc) is 2.86. The van der Waals surface area contributed by atoms with Gasteiger partial charge < -0.3 is 5.32 Å². The molecule has 5 aromatic rings. The molecule has 0 amide bonds. The zero-order valence-electron chi connectivity index (χ0n) is 18.3. The highest BCUT2D eigenvalue weighted by Crippen LogP contribution is 2.30. The van der Waals surface area contributed by atoms with Crippen LogP contribution in [0.1, 0.15) is 11.1 Å². The second kappa shape index (κ2) is 8.94. The van der Waals surface area contributed by atoms with Crippen molar-refractivity contribution in [3.63, 3.8) is 0 Å². The minimum atomic E-state index is 0.406. The van der Waals surface area contributed by atoms with Gasteiger partial charge in [-0.1, -0.05) is 72.3 Å². The summed E-state index contributed by atoms with van der Waals surface area (Å²) in [6.45, 7) is 2.10. The molecule has 0 bridgehead atoms. The first kappa shape index (κ1) is 20.4. The highest BCUT2D eigenvalue weighted by molar-refractivity contribution is 5.94. The van der Waals surface area contributed by atoms with Crippen LogP contribution >= 0.6 is 0 Å². The van der Waals surface area contributed by atoms with Crippen molar-refractivity contribution in [2.24, 2.45) is 0 Å². The lowest BCUT2D eigenvalue weighted by atomic mass is 9.99. The smallest absolute Gasteiger partial charge is 0.141 e. The number of anilines is 2. The van der Waals surface area contributed by atoms with Gasteiger partial charge in [-0.2, -0.15) is 5.26 Å². The van der Waals surface area contributed by atoms with Gasteiger partial charge in [0.2, 0.25) is 0 Å². The van der Waals surface area contributed by atoms with Gasteiger partial charge in [0.25, 0.3) is 0 Å². The van der Waals surface area contributed by atoms with Crippen molar-refractivity contribution >= 4 is 22.4 Å². The van der Waals surface area contributed by atoms with Crippen molar-refractivity contribution in [2.45, 2.75) is 13.3 Å². The van der Waals surface area contributed by atoms with Gasteiger partial charge in [0, 0.05) is 11.1 Å². The number of aromatic nitrogens is 2. The number of fused-ring (bicyclic) bond motifs is 1. The monoisotopic (exact) mass is 426 g/mol. The normalized spacial score (nSPS) is 10.7. The lowest BCUT2D eigenvalue weighted by Crippen LogP contribution is -1.96. The van der Waals surface area contributed by atoms with Gasteiger partial charge >= 0.3 is 0 Å². The Morgan fingerprint density at radius 3 is 2.00 bits per heavy atom. The molecule has 4 nitrogen and oxygen atoms in total. The first-order valence-electron chi connectivity index (χ1n) is 10.8. The standard InChI is InChI=1S/C29H22N4/c1-20-2-6-22(7-3-20)23-8-10-24(11-9-23)25-12-15-28-27(18-25)29(32-19-31-28)33-26-13-4-21(5-14-26)16-17-30/h2-15,18-19H,16H2,1H3,(H,31,32,33). The van der Waals surface area contributed by atoms with Gasteiger partial charge in [0.1, 0.15) is 12.1 Å². The molecule has 33 heavy (non-hydrogen) atoms. The maximum atomic E-state index is 8.86. The van der Waals surface area contributed by atoms with Gasteiger partial charge in [-0.25, -0.2) is 9.97 Å². The number of hydrogen-bond acceptors (Lipinski definition) is 4. The van der Waals surface area contributed by atoms with Gasteiger partial charge in [0.15, 0.2) is 0 Å². The van der Waals surface area contributed by atoms with Crippen LogP contribution in [-0.4, -0.2) is 9.97 Å². The summed E-state index contributed by atoms with van der Waals surface area (Å²) in [4.78, 5) is 8.91. The Kier molecular flexibility index (Phi) is 5.53. The Morgan fingerprint density at radius 2 is 1.33 bits per heavy atom. The molecule has 158 valence electrons. The fraction of sp³-hybridized carbons (Fsp3) is 0.0690. The SMILES string of the molecule is Cc1ccc(-c2ccc(-c3ccc4ncnc(Nc5ccc(CC#N)cc5)c4c3)cc2)cc1. The molecule has 4 heteroatoms. The van der Waals surface area contributed by atoms with Crippen molar-refractivity contribution in [2.75, 3.05) is 5.32 Å². The summed E-state index contributed by atoms with van der Waals surface area (Å²) in [5.74, 6) is 0.756. The van der Waals surface area contributed by atoms with E-state index < -0.39 is 0 Å². The van der Waals surface area contributed by atoms with Crippen molar-refractivity contribution in [1.29, 1.82) is 5.26 Å². The van der Waals surface area contributed by atoms with Gasteiger partial charge in [-0.15, -0.1) is 0 Å². The molecule has 1 N–H and O–H groups in total. The Morgan fingerprint density at radius 1 is 0.727 bits per heavy atom. The summed E-state index contributed by atoms with van der Waals surface area (Å²) < 4.78 is 0. The number of aryl methyl sites for hydroxylation is 1. The summed E-state index contributed by atoms with van der Waals surface area (Å²) in [5, 5.41) is 13.2. The summed E-state index contributed by atoms with van der Waals surface area (Å²) in [6, 6.07) is 33.5. The van der Waals surface area contributed by atoms with Gasteiger partial charge in [-0.3, -0.25) is 0 Å². The highest BCUT2D eigenvalue weighted by Gasteiger charge is 2.08. The molecule has 0 unspecified atom stereocenters. The Labute approximate surface area is 193 Å². The molecular weight excluding hydrogens is 404 g/mol. The van der Waals surface area contributed by atoms with E-state index in [1.807, 2.05) is 30.3 Å². The van der Waals surface area contributed by atoms with E-state index >= 15 is 0 Å². The third-order valence-corrected chi connectivity index (χ3v) is 5.74. The van der Waals surface area contributed by atoms with E-state index in [0.29, 0.717) is 6.42 Å². The number of rotatable bonds is 5. The van der Waals surface area contributed by atoms with E-state index in [9.17, 15) is 0 Å². The summed E-state index contributed by atoms with van der Waals surface area (Å²) >= 11 is 0. The minimum Gasteiger partial charge on any atom is -0.340 e. The topological polar surface area (TPSA) is 61.6 Å². The Balaban J connectivity index is 1.45. The Hall–Kier alpha value is -4.49. The lowest BCUT2D eigenvalue weighted by molar-refractivity contribution is 1.21. The van der Waals surface area contributed by atoms with Crippen LogP contribution in [0.15, 0.2) is 97.3 Å². The van der Waals surface area contributed by atoms with E-state index in [-0.39, 0.29) is 0 Å². The largest absolute Gasteiger partial charge is 0.340 e. The van der Waals surface area contributed by atoms with Crippen LogP contribution in [0.4, 0.5) is 11.5 Å². The van der Waals surface area contributed by atoms with Crippen LogP contribution < -0.4 is 5.32 Å². The summed E-state index contributed by atoms with van der Waals surface area (Å²) in [7, 11) is 0. The fourth-order valence-electron chi connectivity index (χ4n) is 3.87. The molecule has 0 saturated carbocycles. The molecule has 0 radical (unpaired) electrons.